The van der Waals surface area contributed by atoms with Crippen molar-refractivity contribution in [1.82, 2.24) is 16.0 Å². The van der Waals surface area contributed by atoms with Crippen LogP contribution >= 0.6 is 0 Å². The van der Waals surface area contributed by atoms with Gasteiger partial charge in [0, 0.05) is 29.8 Å². The van der Waals surface area contributed by atoms with Gasteiger partial charge in [0.15, 0.2) is 11.9 Å². The van der Waals surface area contributed by atoms with Gasteiger partial charge in [-0.25, -0.2) is 0 Å². The largest absolute Gasteiger partial charge is 0.507 e. The number of guanidine groups is 2. The maximum atomic E-state index is 13.6. The van der Waals surface area contributed by atoms with Gasteiger partial charge >= 0.3 is 5.97 Å². The molecule has 15 nitrogen and oxygen atoms in total. The van der Waals surface area contributed by atoms with Crippen LogP contribution in [-0.4, -0.2) is 77.5 Å². The third-order valence-electron chi connectivity index (χ3n) is 6.55. The first-order valence-electron chi connectivity index (χ1n) is 14.3. The summed E-state index contributed by atoms with van der Waals surface area (Å²) in [6.07, 6.45) is 0.808. The maximum Gasteiger partial charge on any atom is 0.322 e. The standard InChI is InChI=1S/C29H49N9O6/c1-28(2,3)17-13-16(14-18(22(17)41)29(4,5)6)23(42)37-20(10-8-12-35-27(32)33)25(44)38-19(9-7-11-34-26(30)31)24(43)36-15-21(39)40/h13-14,19-20,41H,7-12,15H2,1-6H3,(H,36,43)(H,37,42)(H,38,44)(H,39,40)(H4,30,31,34)(H4,32,33,35). The number of aromatic hydroxyl groups is 1. The molecule has 0 aromatic heterocycles. The van der Waals surface area contributed by atoms with E-state index in [1.807, 2.05) is 41.5 Å². The molecule has 1 rings (SSSR count). The summed E-state index contributed by atoms with van der Waals surface area (Å²) in [6.45, 7) is 11.2. The molecule has 0 bridgehead atoms. The minimum Gasteiger partial charge on any atom is -0.507 e. The van der Waals surface area contributed by atoms with Crippen LogP contribution in [0.15, 0.2) is 22.1 Å². The lowest BCUT2D eigenvalue weighted by molar-refractivity contribution is -0.138. The van der Waals surface area contributed by atoms with Crippen molar-refractivity contribution in [1.29, 1.82) is 0 Å². The van der Waals surface area contributed by atoms with Gasteiger partial charge in [-0.2, -0.15) is 0 Å². The first-order chi connectivity index (χ1) is 20.2. The third-order valence-corrected chi connectivity index (χ3v) is 6.55. The van der Waals surface area contributed by atoms with Crippen molar-refractivity contribution in [2.45, 2.75) is 90.1 Å². The number of carbonyl (C=O) groups is 4. The van der Waals surface area contributed by atoms with Crippen molar-refractivity contribution in [3.8, 4) is 5.75 Å². The van der Waals surface area contributed by atoms with Crippen molar-refractivity contribution in [2.75, 3.05) is 19.6 Å². The Kier molecular flexibility index (Phi) is 13.9. The molecule has 0 heterocycles. The van der Waals surface area contributed by atoms with Crippen LogP contribution in [0.4, 0.5) is 0 Å². The molecule has 246 valence electrons. The Bertz CT molecular complexity index is 1210. The van der Waals surface area contributed by atoms with Gasteiger partial charge in [-0.1, -0.05) is 41.5 Å². The van der Waals surface area contributed by atoms with E-state index in [1.165, 1.54) is 0 Å². The molecule has 0 aliphatic carbocycles. The highest BCUT2D eigenvalue weighted by atomic mass is 16.4. The van der Waals surface area contributed by atoms with Crippen LogP contribution < -0.4 is 38.9 Å². The van der Waals surface area contributed by atoms with E-state index in [4.69, 9.17) is 28.0 Å². The van der Waals surface area contributed by atoms with Gasteiger partial charge in [-0.05, 0) is 48.6 Å². The minimum atomic E-state index is -1.26. The summed E-state index contributed by atoms with van der Waals surface area (Å²) in [5.74, 6) is -3.38. The Balaban J connectivity index is 3.38. The molecular weight excluding hydrogens is 570 g/mol. The topological polar surface area (TPSA) is 274 Å². The average molecular weight is 620 g/mol. The molecule has 0 saturated heterocycles. The van der Waals surface area contributed by atoms with Crippen molar-refractivity contribution in [2.24, 2.45) is 32.9 Å². The molecule has 2 unspecified atom stereocenters. The summed E-state index contributed by atoms with van der Waals surface area (Å²) in [5.41, 5.74) is 21.9. The van der Waals surface area contributed by atoms with Gasteiger partial charge < -0.3 is 49.1 Å². The number of carboxylic acids is 1. The van der Waals surface area contributed by atoms with Gasteiger partial charge in [0.1, 0.15) is 24.4 Å². The monoisotopic (exact) mass is 619 g/mol. The van der Waals surface area contributed by atoms with Crippen LogP contribution in [0.25, 0.3) is 0 Å². The van der Waals surface area contributed by atoms with E-state index in [2.05, 4.69) is 25.9 Å². The smallest absolute Gasteiger partial charge is 0.322 e. The van der Waals surface area contributed by atoms with Crippen molar-refractivity contribution in [3.05, 3.63) is 28.8 Å². The number of carbonyl (C=O) groups excluding carboxylic acids is 3. The quantitative estimate of drug-likeness (QED) is 0.0713. The fraction of sp³-hybridized carbons (Fsp3) is 0.586. The number of aliphatic carboxylic acids is 1. The summed E-state index contributed by atoms with van der Waals surface area (Å²) in [5, 5.41) is 27.7. The average Bonchev–Trinajstić information content (AvgIpc) is 2.88. The molecule has 2 atom stereocenters. The number of nitrogens with two attached hydrogens (primary N) is 4. The Morgan fingerprint density at radius 2 is 1.20 bits per heavy atom. The van der Waals surface area contributed by atoms with Gasteiger partial charge in [-0.15, -0.1) is 0 Å². The number of phenols is 1. The zero-order valence-corrected chi connectivity index (χ0v) is 26.5. The highest BCUT2D eigenvalue weighted by Crippen LogP contribution is 2.39. The second kappa shape index (κ2) is 16.3. The van der Waals surface area contributed by atoms with Gasteiger partial charge in [0.05, 0.1) is 0 Å². The summed E-state index contributed by atoms with van der Waals surface area (Å²) >= 11 is 0. The van der Waals surface area contributed by atoms with E-state index in [-0.39, 0.29) is 49.2 Å². The zero-order chi connectivity index (χ0) is 33.8. The van der Waals surface area contributed by atoms with Gasteiger partial charge in [-0.3, -0.25) is 29.2 Å². The normalized spacial score (nSPS) is 12.8. The number of rotatable bonds is 15. The van der Waals surface area contributed by atoms with Gasteiger partial charge in [0.25, 0.3) is 5.91 Å². The molecule has 0 radical (unpaired) electrons. The van der Waals surface area contributed by atoms with Crippen LogP contribution in [0.2, 0.25) is 0 Å². The summed E-state index contributed by atoms with van der Waals surface area (Å²) < 4.78 is 0. The zero-order valence-electron chi connectivity index (χ0n) is 26.5. The number of carboxylic acid groups (broad SMARTS) is 1. The van der Waals surface area contributed by atoms with Crippen LogP contribution in [-0.2, 0) is 25.2 Å². The van der Waals surface area contributed by atoms with E-state index in [0.29, 0.717) is 24.0 Å². The fourth-order valence-electron chi connectivity index (χ4n) is 4.25. The van der Waals surface area contributed by atoms with E-state index in [0.717, 1.165) is 0 Å². The van der Waals surface area contributed by atoms with E-state index in [9.17, 15) is 24.3 Å². The lowest BCUT2D eigenvalue weighted by Crippen LogP contribution is -2.54. The number of aliphatic imine (C=N–C) groups is 2. The third kappa shape index (κ3) is 12.8. The van der Waals surface area contributed by atoms with Crippen LogP contribution in [0.3, 0.4) is 0 Å². The first-order valence-corrected chi connectivity index (χ1v) is 14.3. The Labute approximate surface area is 258 Å². The molecule has 0 spiro atoms. The predicted octanol–water partition coefficient (Wildman–Crippen LogP) is -0.122. The molecule has 3 amide bonds. The molecule has 1 aromatic carbocycles. The van der Waals surface area contributed by atoms with Crippen LogP contribution in [0.1, 0.15) is 88.7 Å². The minimum absolute atomic E-state index is 0.0878. The number of benzene rings is 1. The molecule has 0 aliphatic heterocycles. The van der Waals surface area contributed by atoms with Crippen LogP contribution in [0.5, 0.6) is 5.75 Å². The Morgan fingerprint density at radius 3 is 1.59 bits per heavy atom. The molecule has 13 N–H and O–H groups in total. The van der Waals surface area contributed by atoms with Crippen molar-refractivity contribution < 1.29 is 29.4 Å². The number of phenolic OH excluding ortho intramolecular Hbond substituents is 1. The molecule has 44 heavy (non-hydrogen) atoms. The molecule has 15 heteroatoms. The van der Waals surface area contributed by atoms with Crippen LogP contribution in [0, 0.1) is 0 Å². The predicted molar refractivity (Wildman–Crippen MR) is 169 cm³/mol. The summed E-state index contributed by atoms with van der Waals surface area (Å²) in [6, 6.07) is 0.941. The maximum absolute atomic E-state index is 13.6. The molecule has 0 saturated carbocycles. The van der Waals surface area contributed by atoms with Crippen molar-refractivity contribution in [3.63, 3.8) is 0 Å². The second-order valence-corrected chi connectivity index (χ2v) is 12.5. The van der Waals surface area contributed by atoms with E-state index >= 15 is 0 Å². The van der Waals surface area contributed by atoms with E-state index < -0.39 is 53.1 Å². The van der Waals surface area contributed by atoms with Gasteiger partial charge in [0.2, 0.25) is 11.8 Å². The molecule has 0 aliphatic rings. The number of nitrogens with one attached hydrogen (secondary N) is 3. The lowest BCUT2D eigenvalue weighted by Gasteiger charge is -2.28. The second-order valence-electron chi connectivity index (χ2n) is 12.5. The highest BCUT2D eigenvalue weighted by Gasteiger charge is 2.30. The number of amides is 3. The SMILES string of the molecule is CC(C)(C)c1cc(C(=O)NC(CCCN=C(N)N)C(=O)NC(CCCN=C(N)N)C(=O)NCC(=O)O)cc(C(C)(C)C)c1O. The number of nitrogens with zero attached hydrogens (tertiary/aromatic N) is 2. The fourth-order valence-corrected chi connectivity index (χ4v) is 4.25. The Hall–Kier alpha value is -4.56. The Morgan fingerprint density at radius 1 is 0.773 bits per heavy atom. The molecule has 0 fully saturated rings. The van der Waals surface area contributed by atoms with E-state index in [1.54, 1.807) is 12.1 Å². The van der Waals surface area contributed by atoms with Crippen molar-refractivity contribution >= 4 is 35.6 Å². The number of hydrogen-bond donors (Lipinski definition) is 9. The summed E-state index contributed by atoms with van der Waals surface area (Å²) in [4.78, 5) is 58.7. The lowest BCUT2D eigenvalue weighted by atomic mass is 9.78. The number of hydrogen-bond acceptors (Lipinski definition) is 7. The molecule has 1 aromatic rings. The first kappa shape index (κ1) is 37.5. The summed E-state index contributed by atoms with van der Waals surface area (Å²) in [7, 11) is 0. The highest BCUT2D eigenvalue weighted by molar-refractivity contribution is 5.99. The molecular formula is C29H49N9O6.